The zero-order valence-corrected chi connectivity index (χ0v) is 31.7. The van der Waals surface area contributed by atoms with Gasteiger partial charge in [0.15, 0.2) is 0 Å². The molecule has 4 aromatic rings. The number of hydrogen-bond acceptors (Lipinski definition) is 7. The molecule has 0 aromatic carbocycles. The number of hydrogen-bond donors (Lipinski definition) is 2. The molecule has 2 N–H and O–H groups in total. The van der Waals surface area contributed by atoms with Crippen molar-refractivity contribution in [1.29, 1.82) is 0 Å². The van der Waals surface area contributed by atoms with Crippen LogP contribution in [0.4, 0.5) is 26.3 Å². The average molecular weight is 773 g/mol. The molecule has 0 aliphatic heterocycles. The van der Waals surface area contributed by atoms with Gasteiger partial charge in [-0.3, -0.25) is 0 Å². The fourth-order valence-corrected chi connectivity index (χ4v) is 10.3. The molecule has 13 heteroatoms. The number of rotatable bonds is 9. The zero-order chi connectivity index (χ0) is 36.5. The molecule has 5 rings (SSSR count). The van der Waals surface area contributed by atoms with Crippen molar-refractivity contribution in [2.75, 3.05) is 0 Å². The van der Waals surface area contributed by atoms with Gasteiger partial charge in [0.25, 0.3) is 0 Å². The molecule has 0 saturated carbocycles. The number of halogens is 6. The second kappa shape index (κ2) is 12.7. The monoisotopic (exact) mass is 772 g/mol. The van der Waals surface area contributed by atoms with Gasteiger partial charge in [0.1, 0.15) is 0 Å². The molecule has 0 radical (unpaired) electrons. The largest absolute Gasteiger partial charge is 0.385 e. The van der Waals surface area contributed by atoms with Gasteiger partial charge in [-0.1, -0.05) is 26.8 Å². The molecular weight excluding hydrogens is 739 g/mol. The summed E-state index contributed by atoms with van der Waals surface area (Å²) >= 11 is 5.47. The highest BCUT2D eigenvalue weighted by Crippen LogP contribution is 2.65. The number of alkyl halides is 6. The normalized spacial score (nSPS) is 18.0. The van der Waals surface area contributed by atoms with Gasteiger partial charge >= 0.3 is 17.8 Å². The average Bonchev–Trinajstić information content (AvgIpc) is 3.78. The Morgan fingerprint density at radius 1 is 0.755 bits per heavy atom. The first-order valence-corrected chi connectivity index (χ1v) is 19.1. The molecule has 0 atom stereocenters. The summed E-state index contributed by atoms with van der Waals surface area (Å²) < 4.78 is 94.2. The van der Waals surface area contributed by atoms with Crippen LogP contribution < -0.4 is 0 Å². The van der Waals surface area contributed by atoms with Gasteiger partial charge in [-0.2, -0.15) is 26.3 Å². The summed E-state index contributed by atoms with van der Waals surface area (Å²) in [7, 11) is 0. The highest BCUT2D eigenvalue weighted by atomic mass is 32.2. The lowest BCUT2D eigenvalue weighted by atomic mass is 9.95. The predicted molar refractivity (Wildman–Crippen MR) is 195 cm³/mol. The SMILES string of the molecule is C#CS/C(=C\CC1=C(c2cc(-c3ccc(C(C)(C)O)s3)sc2-c2ccc(C(C)(C)C)s2)C(F)(F)C(F)(F)C1(F)F)c1ccc(C(C)(C)O)s1. The van der Waals surface area contributed by atoms with Crippen LogP contribution in [0.5, 0.6) is 0 Å². The van der Waals surface area contributed by atoms with Crippen LogP contribution >= 0.6 is 57.1 Å². The maximum absolute atomic E-state index is 16.0. The molecule has 49 heavy (non-hydrogen) atoms. The first kappa shape index (κ1) is 37.9. The van der Waals surface area contributed by atoms with Crippen molar-refractivity contribution in [2.45, 2.75) is 89.3 Å². The van der Waals surface area contributed by atoms with E-state index in [1.807, 2.05) is 26.8 Å². The lowest BCUT2D eigenvalue weighted by molar-refractivity contribution is -0.260. The number of allylic oxidation sites excluding steroid dienone is 3. The molecule has 0 amide bonds. The molecule has 1 aliphatic rings. The molecule has 262 valence electrons. The van der Waals surface area contributed by atoms with Gasteiger partial charge in [-0.15, -0.1) is 51.8 Å². The Kier molecular flexibility index (Phi) is 9.85. The van der Waals surface area contributed by atoms with E-state index in [2.05, 4.69) is 5.25 Å². The van der Waals surface area contributed by atoms with E-state index < -0.39 is 52.1 Å². The second-order valence-corrected chi connectivity index (χ2v) is 19.0. The topological polar surface area (TPSA) is 40.5 Å². The van der Waals surface area contributed by atoms with E-state index in [4.69, 9.17) is 6.42 Å². The standard InChI is InChI=1S/C36H34F6O2S5/c1-9-45-21(22-12-16-27(46-22)32(5,6)43)11-10-20-29(35(39,40)36(41,42)34(20,37)38)19-18-25(23-13-17-28(47-23)33(7,8)44)49-30(19)24-14-15-26(48-24)31(2,3)4/h1,11-18,43-44H,10H2,2-8H3/b21-11-. The van der Waals surface area contributed by atoms with Gasteiger partial charge in [-0.25, -0.2) is 0 Å². The van der Waals surface area contributed by atoms with Crippen molar-refractivity contribution in [2.24, 2.45) is 0 Å². The molecule has 0 saturated heterocycles. The first-order chi connectivity index (χ1) is 22.4. The third-order valence-electron chi connectivity index (χ3n) is 7.92. The van der Waals surface area contributed by atoms with Gasteiger partial charge in [0.2, 0.25) is 0 Å². The molecule has 0 unspecified atom stereocenters. The number of thiophene rings is 4. The third kappa shape index (κ3) is 6.87. The third-order valence-corrected chi connectivity index (χ3v) is 14.6. The Bertz CT molecular complexity index is 1980. The van der Waals surface area contributed by atoms with Crippen molar-refractivity contribution >= 4 is 67.6 Å². The van der Waals surface area contributed by atoms with E-state index in [9.17, 15) is 10.2 Å². The van der Waals surface area contributed by atoms with Crippen molar-refractivity contribution in [3.05, 3.63) is 79.2 Å². The lowest BCUT2D eigenvalue weighted by Crippen LogP contribution is -2.49. The minimum atomic E-state index is -5.71. The molecular formula is C36H34F6O2S5. The zero-order valence-electron chi connectivity index (χ0n) is 27.6. The van der Waals surface area contributed by atoms with Crippen LogP contribution in [0.15, 0.2) is 54.1 Å². The highest BCUT2D eigenvalue weighted by Gasteiger charge is 2.80. The van der Waals surface area contributed by atoms with Crippen molar-refractivity contribution in [3.8, 4) is 31.2 Å². The molecule has 1 aliphatic carbocycles. The molecule has 2 nitrogen and oxygen atoms in total. The molecule has 0 bridgehead atoms. The summed E-state index contributed by atoms with van der Waals surface area (Å²) in [5.74, 6) is -16.1. The van der Waals surface area contributed by atoms with E-state index in [-0.39, 0.29) is 15.2 Å². The van der Waals surface area contributed by atoms with Crippen LogP contribution in [0.2, 0.25) is 0 Å². The van der Waals surface area contributed by atoms with Crippen molar-refractivity contribution < 1.29 is 36.6 Å². The van der Waals surface area contributed by atoms with Crippen LogP contribution in [0, 0.1) is 11.7 Å². The van der Waals surface area contributed by atoms with Crippen LogP contribution in [-0.4, -0.2) is 28.0 Å². The summed E-state index contributed by atoms with van der Waals surface area (Å²) in [5, 5.41) is 23.3. The Hall–Kier alpha value is -2.31. The fraction of sp³-hybridized carbons (Fsp3) is 0.389. The van der Waals surface area contributed by atoms with Crippen LogP contribution in [0.25, 0.3) is 30.0 Å². The summed E-state index contributed by atoms with van der Waals surface area (Å²) in [5.41, 5.74) is -5.92. The van der Waals surface area contributed by atoms with E-state index in [0.29, 0.717) is 29.3 Å². The molecule has 4 aromatic heterocycles. The van der Waals surface area contributed by atoms with Gasteiger partial charge in [0.05, 0.1) is 16.1 Å². The molecule has 0 spiro atoms. The molecule has 4 heterocycles. The van der Waals surface area contributed by atoms with Crippen LogP contribution in [-0.2, 0) is 16.6 Å². The summed E-state index contributed by atoms with van der Waals surface area (Å²) in [6.45, 7) is 12.2. The van der Waals surface area contributed by atoms with Gasteiger partial charge in [-0.05, 0) is 99.0 Å². The number of thioether (sulfide) groups is 1. The highest BCUT2D eigenvalue weighted by molar-refractivity contribution is 8.12. The Morgan fingerprint density at radius 2 is 1.31 bits per heavy atom. The fourth-order valence-electron chi connectivity index (χ4n) is 5.25. The first-order valence-electron chi connectivity index (χ1n) is 15.0. The Labute approximate surface area is 302 Å². The number of aliphatic hydroxyl groups is 2. The van der Waals surface area contributed by atoms with E-state index in [0.717, 1.165) is 39.3 Å². The maximum atomic E-state index is 16.0. The van der Waals surface area contributed by atoms with Crippen molar-refractivity contribution in [3.63, 3.8) is 0 Å². The maximum Gasteiger partial charge on any atom is 0.380 e. The van der Waals surface area contributed by atoms with Gasteiger partial charge < -0.3 is 10.2 Å². The van der Waals surface area contributed by atoms with Crippen LogP contribution in [0.1, 0.15) is 80.0 Å². The smallest absolute Gasteiger partial charge is 0.380 e. The van der Waals surface area contributed by atoms with E-state index in [1.165, 1.54) is 34.8 Å². The quantitative estimate of drug-likeness (QED) is 0.131. The minimum Gasteiger partial charge on any atom is -0.385 e. The summed E-state index contributed by atoms with van der Waals surface area (Å²) in [4.78, 5) is 4.35. The van der Waals surface area contributed by atoms with E-state index >= 15 is 26.3 Å². The van der Waals surface area contributed by atoms with E-state index in [1.54, 1.807) is 58.0 Å². The summed E-state index contributed by atoms with van der Waals surface area (Å²) in [6, 6.07) is 11.4. The minimum absolute atomic E-state index is 0.171. The number of terminal acetylenes is 1. The molecule has 0 fully saturated rings. The van der Waals surface area contributed by atoms with Crippen molar-refractivity contribution in [1.82, 2.24) is 0 Å². The van der Waals surface area contributed by atoms with Crippen LogP contribution in [0.3, 0.4) is 0 Å². The summed E-state index contributed by atoms with van der Waals surface area (Å²) in [6.07, 6.45) is 5.76. The Morgan fingerprint density at radius 3 is 1.84 bits per heavy atom. The second-order valence-electron chi connectivity index (χ2n) is 13.8. The lowest BCUT2D eigenvalue weighted by Gasteiger charge is -2.25. The predicted octanol–water partition coefficient (Wildman–Crippen LogP) is 12.4. The Balaban J connectivity index is 1.76. The van der Waals surface area contributed by atoms with Gasteiger partial charge in [0, 0.05) is 55.8 Å².